The summed E-state index contributed by atoms with van der Waals surface area (Å²) in [5.41, 5.74) is 4.27. The van der Waals surface area contributed by atoms with E-state index in [1.54, 1.807) is 29.5 Å². The fraction of sp³-hybridized carbons (Fsp3) is 0.286. The molecule has 0 spiro atoms. The molecule has 2 N–H and O–H groups in total. The van der Waals surface area contributed by atoms with E-state index < -0.39 is 10.0 Å². The third-order valence-electron chi connectivity index (χ3n) is 6.79. The Morgan fingerprint density at radius 1 is 1.00 bits per heavy atom. The van der Waals surface area contributed by atoms with Gasteiger partial charge in [0, 0.05) is 55.5 Å². The number of nitrogens with zero attached hydrogens (tertiary/aromatic N) is 3. The predicted octanol–water partition coefficient (Wildman–Crippen LogP) is 5.34. The van der Waals surface area contributed by atoms with E-state index in [2.05, 4.69) is 45.8 Å². The second kappa shape index (κ2) is 12.7. The highest BCUT2D eigenvalue weighted by Crippen LogP contribution is 2.33. The zero-order chi connectivity index (χ0) is 27.6. The number of sulfonamides is 1. The van der Waals surface area contributed by atoms with Crippen LogP contribution in [0.25, 0.3) is 10.2 Å². The molecule has 1 aliphatic heterocycles. The minimum Gasteiger partial charge on any atom is -0.351 e. The highest BCUT2D eigenvalue weighted by Gasteiger charge is 2.21. The summed E-state index contributed by atoms with van der Waals surface area (Å²) in [5, 5.41) is 4.47. The normalized spacial score (nSPS) is 14.1. The number of hydrogen-bond acceptors (Lipinski definition) is 7. The van der Waals surface area contributed by atoms with E-state index in [9.17, 15) is 13.2 Å². The molecule has 1 aromatic heterocycles. The molecule has 2 heterocycles. The number of aryl methyl sites for hydroxylation is 2. The molecule has 1 fully saturated rings. The largest absolute Gasteiger partial charge is 0.351 e. The van der Waals surface area contributed by atoms with Gasteiger partial charge in [0.15, 0.2) is 5.13 Å². The van der Waals surface area contributed by atoms with Gasteiger partial charge >= 0.3 is 0 Å². The average molecular weight is 621 g/mol. The third-order valence-corrected chi connectivity index (χ3v) is 9.69. The molecule has 12 heteroatoms. The molecule has 0 aliphatic carbocycles. The van der Waals surface area contributed by atoms with Crippen LogP contribution in [0.3, 0.4) is 0 Å². The molecular weight excluding hydrogens is 589 g/mol. The molecule has 3 aromatic carbocycles. The molecule has 212 valence electrons. The second-order valence-corrected chi connectivity index (χ2v) is 12.7. The van der Waals surface area contributed by atoms with Crippen LogP contribution in [-0.2, 0) is 10.0 Å². The number of fused-ring (bicyclic) bond motifs is 1. The lowest BCUT2D eigenvalue weighted by molar-refractivity contribution is 0.0948. The molecule has 8 nitrogen and oxygen atoms in total. The number of nitrogens with one attached hydrogen (secondary N) is 2. The van der Waals surface area contributed by atoms with Gasteiger partial charge in [-0.15, -0.1) is 12.4 Å². The Balaban J connectivity index is 0.00000370. The zero-order valence-corrected chi connectivity index (χ0v) is 25.4. The van der Waals surface area contributed by atoms with Gasteiger partial charge in [-0.25, -0.2) is 13.4 Å². The molecule has 40 heavy (non-hydrogen) atoms. The number of anilines is 2. The smallest absolute Gasteiger partial charge is 0.261 e. The second-order valence-electron chi connectivity index (χ2n) is 9.60. The zero-order valence-electron chi connectivity index (χ0n) is 22.2. The molecule has 1 saturated heterocycles. The van der Waals surface area contributed by atoms with E-state index in [0.717, 1.165) is 43.4 Å². The van der Waals surface area contributed by atoms with Crippen LogP contribution < -0.4 is 14.9 Å². The minimum absolute atomic E-state index is 0. The van der Waals surface area contributed by atoms with Gasteiger partial charge in [-0.05, 0) is 67.4 Å². The van der Waals surface area contributed by atoms with Crippen molar-refractivity contribution in [1.82, 2.24) is 15.2 Å². The summed E-state index contributed by atoms with van der Waals surface area (Å²) in [4.78, 5) is 22.4. The lowest BCUT2D eigenvalue weighted by Crippen LogP contribution is -2.48. The van der Waals surface area contributed by atoms with Crippen molar-refractivity contribution in [3.8, 4) is 0 Å². The first kappa shape index (κ1) is 30.1. The number of carbonyl (C=O) groups excluding carboxylic acids is 1. The molecule has 0 unspecified atom stereocenters. The van der Waals surface area contributed by atoms with E-state index in [4.69, 9.17) is 16.6 Å². The van der Waals surface area contributed by atoms with Crippen molar-refractivity contribution in [2.45, 2.75) is 18.7 Å². The number of amides is 1. The van der Waals surface area contributed by atoms with Crippen molar-refractivity contribution in [1.29, 1.82) is 0 Å². The number of benzene rings is 3. The SMILES string of the molecule is Cc1ccc(C)c2sc(N3CCN(CCNC(=O)c4cccc(NS(=O)(=O)c5ccc(Cl)cc5)c4)CC3)nc12.Cl. The maximum Gasteiger partial charge on any atom is 0.261 e. The Hall–Kier alpha value is -2.89. The van der Waals surface area contributed by atoms with Crippen LogP contribution in [-0.4, -0.2) is 63.5 Å². The Bertz CT molecular complexity index is 1560. The molecule has 0 bridgehead atoms. The van der Waals surface area contributed by atoms with Gasteiger partial charge in [0.05, 0.1) is 15.1 Å². The monoisotopic (exact) mass is 619 g/mol. The summed E-state index contributed by atoms with van der Waals surface area (Å²) in [7, 11) is -3.80. The molecule has 5 rings (SSSR count). The number of rotatable bonds is 8. The maximum absolute atomic E-state index is 12.8. The first-order valence-corrected chi connectivity index (χ1v) is 15.4. The first-order valence-electron chi connectivity index (χ1n) is 12.7. The standard InChI is InChI=1S/C28H30ClN5O3S2.ClH/c1-19-6-7-20(2)26-25(19)31-28(38-26)34-16-14-33(15-17-34)13-12-30-27(35)21-4-3-5-23(18-21)32-39(36,37)24-10-8-22(29)9-11-24;/h3-11,18,32H,12-17H2,1-2H3,(H,30,35);1H. The van der Waals surface area contributed by atoms with Gasteiger partial charge in [-0.3, -0.25) is 14.4 Å². The van der Waals surface area contributed by atoms with Crippen LogP contribution in [0.4, 0.5) is 10.8 Å². The number of aromatic nitrogens is 1. The van der Waals surface area contributed by atoms with Gasteiger partial charge < -0.3 is 10.2 Å². The molecule has 0 radical (unpaired) electrons. The predicted molar refractivity (Wildman–Crippen MR) is 166 cm³/mol. The molecule has 1 amide bonds. The van der Waals surface area contributed by atoms with E-state index in [0.29, 0.717) is 22.8 Å². The van der Waals surface area contributed by atoms with Gasteiger partial charge in [0.2, 0.25) is 0 Å². The van der Waals surface area contributed by atoms with Crippen LogP contribution in [0.15, 0.2) is 65.6 Å². The van der Waals surface area contributed by atoms with E-state index >= 15 is 0 Å². The fourth-order valence-electron chi connectivity index (χ4n) is 4.53. The number of halogens is 2. The number of hydrogen-bond donors (Lipinski definition) is 2. The summed E-state index contributed by atoms with van der Waals surface area (Å²) in [6, 6.07) is 16.6. The molecule has 0 saturated carbocycles. The van der Waals surface area contributed by atoms with Crippen molar-refractivity contribution in [2.75, 3.05) is 48.9 Å². The molecular formula is C28H31Cl2N5O3S2. The first-order chi connectivity index (χ1) is 18.7. The Labute approximate surface area is 249 Å². The van der Waals surface area contributed by atoms with Gasteiger partial charge in [0.1, 0.15) is 0 Å². The quantitative estimate of drug-likeness (QED) is 0.276. The van der Waals surface area contributed by atoms with Gasteiger partial charge in [0.25, 0.3) is 15.9 Å². The van der Waals surface area contributed by atoms with Crippen molar-refractivity contribution in [2.24, 2.45) is 0 Å². The van der Waals surface area contributed by atoms with Crippen LogP contribution in [0.5, 0.6) is 0 Å². The van der Waals surface area contributed by atoms with Gasteiger partial charge in [-0.2, -0.15) is 0 Å². The van der Waals surface area contributed by atoms with Gasteiger partial charge in [-0.1, -0.05) is 41.1 Å². The summed E-state index contributed by atoms with van der Waals surface area (Å²) in [6.45, 7) is 9.04. The third kappa shape index (κ3) is 6.87. The number of carbonyl (C=O) groups is 1. The lowest BCUT2D eigenvalue weighted by Gasteiger charge is -2.34. The van der Waals surface area contributed by atoms with Crippen molar-refractivity contribution < 1.29 is 13.2 Å². The Morgan fingerprint density at radius 2 is 1.70 bits per heavy atom. The van der Waals surface area contributed by atoms with Crippen LogP contribution >= 0.6 is 35.3 Å². The van der Waals surface area contributed by atoms with E-state index in [1.165, 1.54) is 46.2 Å². The van der Waals surface area contributed by atoms with Crippen LogP contribution in [0.2, 0.25) is 5.02 Å². The van der Waals surface area contributed by atoms with Crippen molar-refractivity contribution in [3.63, 3.8) is 0 Å². The van der Waals surface area contributed by atoms with Crippen molar-refractivity contribution >= 4 is 72.3 Å². The topological polar surface area (TPSA) is 94.6 Å². The Kier molecular flexibility index (Phi) is 9.58. The average Bonchev–Trinajstić information content (AvgIpc) is 3.38. The fourth-order valence-corrected chi connectivity index (χ4v) is 6.87. The van der Waals surface area contributed by atoms with E-state index in [1.807, 2.05) is 0 Å². The lowest BCUT2D eigenvalue weighted by atomic mass is 10.1. The summed E-state index contributed by atoms with van der Waals surface area (Å²) < 4.78 is 29.1. The number of piperazine rings is 1. The summed E-state index contributed by atoms with van der Waals surface area (Å²) >= 11 is 7.62. The van der Waals surface area contributed by atoms with Crippen molar-refractivity contribution in [3.05, 3.63) is 82.4 Å². The van der Waals surface area contributed by atoms with Crippen LogP contribution in [0, 0.1) is 13.8 Å². The molecule has 0 atom stereocenters. The number of thiazole rings is 1. The van der Waals surface area contributed by atoms with E-state index in [-0.39, 0.29) is 23.2 Å². The maximum atomic E-state index is 12.8. The molecule has 1 aliphatic rings. The highest BCUT2D eigenvalue weighted by molar-refractivity contribution is 7.92. The van der Waals surface area contributed by atoms with Crippen LogP contribution in [0.1, 0.15) is 21.5 Å². The minimum atomic E-state index is -3.80. The summed E-state index contributed by atoms with van der Waals surface area (Å²) in [6.07, 6.45) is 0. The Morgan fingerprint density at radius 3 is 2.40 bits per heavy atom. The molecule has 4 aromatic rings. The summed E-state index contributed by atoms with van der Waals surface area (Å²) in [5.74, 6) is -0.249. The highest BCUT2D eigenvalue weighted by atomic mass is 35.5.